The van der Waals surface area contributed by atoms with Crippen molar-refractivity contribution in [2.45, 2.75) is 390 Å². The number of rotatable bonds is 64. The van der Waals surface area contributed by atoms with Gasteiger partial charge in [0, 0.05) is 132 Å². The van der Waals surface area contributed by atoms with E-state index in [4.69, 9.17) is 24.4 Å². The van der Waals surface area contributed by atoms with Crippen LogP contribution in [0.3, 0.4) is 0 Å². The third-order valence-corrected chi connectivity index (χ3v) is 42.4. The van der Waals surface area contributed by atoms with E-state index in [-0.39, 0.29) is 11.8 Å². The Morgan fingerprint density at radius 2 is 0.576 bits per heavy atom. The number of unbranched alkanes of at least 4 members (excludes halogenated alkanes) is 32. The molecule has 4 nitrogen and oxygen atoms in total. The molecule has 2 fully saturated rings. The van der Waals surface area contributed by atoms with Gasteiger partial charge < -0.3 is 0 Å². The third kappa shape index (κ3) is 29.1. The van der Waals surface area contributed by atoms with E-state index in [1.165, 1.54) is 412 Å². The first kappa shape index (κ1) is 105. The van der Waals surface area contributed by atoms with Crippen molar-refractivity contribution in [3.05, 3.63) is 137 Å². The summed E-state index contributed by atoms with van der Waals surface area (Å²) in [7, 11) is 0. The van der Waals surface area contributed by atoms with Gasteiger partial charge in [-0.2, -0.15) is 0 Å². The van der Waals surface area contributed by atoms with Crippen LogP contribution in [-0.4, -0.2) is 43.3 Å². The van der Waals surface area contributed by atoms with Crippen LogP contribution in [0.4, 0.5) is 0 Å². The lowest BCUT2D eigenvalue weighted by molar-refractivity contribution is -0.123. The molecule has 714 valence electrons. The number of thiocarbonyl (C=S) groups is 2. The minimum absolute atomic E-state index is 0.0804. The second-order valence-corrected chi connectivity index (χ2v) is 52.0. The molecule has 0 N–H and O–H groups in total. The van der Waals surface area contributed by atoms with Crippen molar-refractivity contribution in [1.29, 1.82) is 0 Å². The lowest BCUT2D eigenvalue weighted by Gasteiger charge is -2.13. The Bertz CT molecular complexity index is 5090. The number of thiophene rings is 10. The molecule has 10 aromatic heterocycles. The highest BCUT2D eigenvalue weighted by molar-refractivity contribution is 8.27. The van der Waals surface area contributed by atoms with Crippen molar-refractivity contribution in [3.8, 4) is 79.4 Å². The molecule has 0 radical (unpaired) electrons. The monoisotopic (exact) mass is 2030 g/mol. The predicted molar refractivity (Wildman–Crippen MR) is 613 cm³/mol. The summed E-state index contributed by atoms with van der Waals surface area (Å²) in [6.45, 7) is 24.8. The molecule has 2 unspecified atom stereocenters. The van der Waals surface area contributed by atoms with E-state index in [1.807, 2.05) is 55.1 Å². The number of nitrogens with zero attached hydrogens (tertiary/aromatic N) is 2. The standard InChI is InChI=1S/C114H152N2O2S14/c1-11-21-29-35-41-47-55-81-71-87(75-101-111(117)115(113(119)131-101)67-51-45-39-33-25-15-5)123-105(81)93-63-65-95(125-93)107-83(57-49-43-37-31-23-13-3)73-97(127-107)99-77-89-103(91-61-59-85(121-91)69-79(19-9)53-27-17-7)110-90(104(109(89)129-99)92-62-60-86(122-92)70-80(20-10)54-28-18-8)78-100(130-110)98-74-84(58-50-44-38-32-24-14-4)108(128-98)96-66-64-94(126-96)106-82(56-48-42-36-30-22-12-2)72-88(124-106)76-102-112(118)116(114(120)132-102)68-52-46-40-34-26-16-6/h59-66,71-80H,11-58,67-70H2,1-10H3. The van der Waals surface area contributed by atoms with Crippen molar-refractivity contribution in [1.82, 2.24) is 9.80 Å². The van der Waals surface area contributed by atoms with Gasteiger partial charge in [0.05, 0.1) is 9.81 Å². The number of hydrogen-bond acceptors (Lipinski definition) is 16. The molecule has 0 bridgehead atoms. The quantitative estimate of drug-likeness (QED) is 0.0215. The van der Waals surface area contributed by atoms with E-state index in [2.05, 4.69) is 234 Å². The molecular formula is C114H152N2O2S14. The largest absolute Gasteiger partial charge is 0.293 e. The molecule has 2 amide bonds. The molecule has 2 saturated heterocycles. The summed E-state index contributed by atoms with van der Waals surface area (Å²) in [6.07, 6.45) is 65.5. The normalized spacial score (nSPS) is 14.4. The number of benzene rings is 1. The van der Waals surface area contributed by atoms with Crippen LogP contribution in [0.2, 0.25) is 0 Å². The van der Waals surface area contributed by atoms with Crippen molar-refractivity contribution in [2.75, 3.05) is 13.1 Å². The fourth-order valence-corrected chi connectivity index (χ4v) is 34.4. The first-order valence-corrected chi connectivity index (χ1v) is 62.8. The molecule has 11 aromatic rings. The number of fused-ring (bicyclic) bond motifs is 2. The SMILES string of the molecule is CCCCCCCCc1cc(C=C2SC(=S)N(CCCCCCCC)C2=O)sc1-c1ccc(-c2sc(-c3cc4c(-c5ccc(CC(CC)CCCC)s5)c5sc(-c6cc(CCCCCCCC)c(-c7ccc(-c8sc(C=C9SC(=S)N(CCCCCCCC)C9=O)cc8CCCCCCCC)s7)s6)cc5c(-c5ccc(CC(CC)CCCC)s5)c4s3)cc2CCCCCCCC)s1. The van der Waals surface area contributed by atoms with Gasteiger partial charge in [-0.05, 0) is 208 Å². The Kier molecular flexibility index (Phi) is 44.6. The summed E-state index contributed by atoms with van der Waals surface area (Å²) in [4.78, 5) is 58.5. The maximum Gasteiger partial charge on any atom is 0.266 e. The van der Waals surface area contributed by atoms with Crippen molar-refractivity contribution in [3.63, 3.8) is 0 Å². The summed E-state index contributed by atoms with van der Waals surface area (Å²) < 4.78 is 4.27. The second-order valence-electron chi connectivity index (χ2n) is 37.8. The minimum Gasteiger partial charge on any atom is -0.293 e. The molecule has 18 heteroatoms. The number of hydrogen-bond donors (Lipinski definition) is 0. The smallest absolute Gasteiger partial charge is 0.266 e. The van der Waals surface area contributed by atoms with Gasteiger partial charge in [-0.15, -0.1) is 113 Å². The summed E-state index contributed by atoms with van der Waals surface area (Å²) >= 11 is 35.1. The minimum atomic E-state index is 0.0804. The average Bonchev–Trinajstić information content (AvgIpc) is 1.56. The maximum absolute atomic E-state index is 14.2. The Morgan fingerprint density at radius 1 is 0.288 bits per heavy atom. The summed E-state index contributed by atoms with van der Waals surface area (Å²) in [5.74, 6) is 1.51. The van der Waals surface area contributed by atoms with Crippen molar-refractivity contribution >= 4 is 214 Å². The van der Waals surface area contributed by atoms with Gasteiger partial charge in [-0.25, -0.2) is 0 Å². The number of amides is 2. The van der Waals surface area contributed by atoms with Gasteiger partial charge in [0.25, 0.3) is 11.8 Å². The molecule has 2 atom stereocenters. The molecule has 1 aromatic carbocycles. The van der Waals surface area contributed by atoms with Crippen LogP contribution in [0.1, 0.15) is 394 Å². The number of carbonyl (C=O) groups is 2. The molecule has 0 saturated carbocycles. The van der Waals surface area contributed by atoms with Gasteiger partial charge in [0.15, 0.2) is 0 Å². The van der Waals surface area contributed by atoms with Crippen LogP contribution < -0.4 is 0 Å². The highest BCUT2D eigenvalue weighted by Crippen LogP contribution is 2.58. The van der Waals surface area contributed by atoms with Gasteiger partial charge in [-0.3, -0.25) is 19.4 Å². The molecule has 12 heterocycles. The summed E-state index contributed by atoms with van der Waals surface area (Å²) in [5, 5.41) is 2.82. The van der Waals surface area contributed by atoms with Crippen LogP contribution in [-0.2, 0) is 48.1 Å². The molecule has 2 aliphatic heterocycles. The molecule has 132 heavy (non-hydrogen) atoms. The van der Waals surface area contributed by atoms with Gasteiger partial charge in [0.2, 0.25) is 0 Å². The zero-order valence-electron chi connectivity index (χ0n) is 81.6. The average molecular weight is 2030 g/mol. The molecule has 13 rings (SSSR count). The second kappa shape index (κ2) is 55.9. The van der Waals surface area contributed by atoms with Crippen LogP contribution in [0.15, 0.2) is 94.7 Å². The van der Waals surface area contributed by atoms with Crippen molar-refractivity contribution in [2.24, 2.45) is 11.8 Å². The first-order valence-electron chi connectivity index (χ1n) is 52.1. The Labute approximate surface area is 855 Å². The van der Waals surface area contributed by atoms with Crippen molar-refractivity contribution < 1.29 is 9.59 Å². The predicted octanol–water partition coefficient (Wildman–Crippen LogP) is 42.2. The summed E-state index contributed by atoms with van der Waals surface area (Å²) in [5.41, 5.74) is 8.70. The molecule has 0 aliphatic carbocycles. The van der Waals surface area contributed by atoms with Gasteiger partial charge in [-0.1, -0.05) is 361 Å². The Hall–Kier alpha value is -3.96. The van der Waals surface area contributed by atoms with Crippen LogP contribution >= 0.6 is 161 Å². The number of aryl methyl sites for hydroxylation is 4. The molecular weight excluding hydrogens is 1880 g/mol. The number of thioether (sulfide) groups is 2. The van der Waals surface area contributed by atoms with Crippen LogP contribution in [0, 0.1) is 11.8 Å². The zero-order valence-corrected chi connectivity index (χ0v) is 93.0. The van der Waals surface area contributed by atoms with E-state index in [1.54, 1.807) is 0 Å². The molecule has 0 spiro atoms. The Morgan fingerprint density at radius 3 is 0.902 bits per heavy atom. The number of carbonyl (C=O) groups excluding carboxylic acids is 2. The summed E-state index contributed by atoms with van der Waals surface area (Å²) in [6, 6.07) is 35.5. The fraction of sp³-hybridized carbons (Fsp3) is 0.561. The first-order chi connectivity index (χ1) is 64.7. The topological polar surface area (TPSA) is 40.6 Å². The highest BCUT2D eigenvalue weighted by Gasteiger charge is 2.35. The molecule has 2 aliphatic rings. The van der Waals surface area contributed by atoms with Crippen LogP contribution in [0.5, 0.6) is 0 Å². The van der Waals surface area contributed by atoms with E-state index in [0.29, 0.717) is 33.6 Å². The fourth-order valence-electron chi connectivity index (χ4n) is 19.2. The third-order valence-electron chi connectivity index (χ3n) is 27.2. The zero-order chi connectivity index (χ0) is 92.5. The maximum atomic E-state index is 14.2. The lowest BCUT2D eigenvalue weighted by Crippen LogP contribution is -2.28. The van der Waals surface area contributed by atoms with E-state index >= 15 is 0 Å². The van der Waals surface area contributed by atoms with Gasteiger partial charge >= 0.3 is 0 Å². The Balaban J connectivity index is 0.923. The van der Waals surface area contributed by atoms with Gasteiger partial charge in [0.1, 0.15) is 8.64 Å². The van der Waals surface area contributed by atoms with E-state index in [9.17, 15) is 9.59 Å². The van der Waals surface area contributed by atoms with Crippen LogP contribution in [0.25, 0.3) is 112 Å². The van der Waals surface area contributed by atoms with E-state index in [0.717, 1.165) is 83.8 Å². The van der Waals surface area contributed by atoms with E-state index < -0.39 is 0 Å². The lowest BCUT2D eigenvalue weighted by atomic mass is 9.95. The highest BCUT2D eigenvalue weighted by atomic mass is 32.2.